The Balaban J connectivity index is 1.04. The lowest BCUT2D eigenvalue weighted by atomic mass is 10.1. The highest BCUT2D eigenvalue weighted by Gasteiger charge is 2.48. The molecule has 4 aromatic heterocycles. The lowest BCUT2D eigenvalue weighted by Gasteiger charge is -2.20. The molecule has 2 aliphatic rings. The molecule has 24 heteroatoms. The molecular formula is C20H25N9O13P2. The van der Waals surface area contributed by atoms with Crippen molar-refractivity contribution in [3.05, 3.63) is 31.0 Å². The van der Waals surface area contributed by atoms with Crippen LogP contribution in [0.15, 0.2) is 31.0 Å². The third-order valence-corrected chi connectivity index (χ3v) is 9.44. The zero-order valence-electron chi connectivity index (χ0n) is 22.0. The number of imidazole rings is 1. The molecule has 6 heterocycles. The minimum atomic E-state index is -5.36. The van der Waals surface area contributed by atoms with Crippen LogP contribution in [0.2, 0.25) is 0 Å². The third kappa shape index (κ3) is 5.84. The second kappa shape index (κ2) is 11.7. The normalized spacial score (nSPS) is 31.9. The van der Waals surface area contributed by atoms with E-state index in [4.69, 9.17) is 24.3 Å². The van der Waals surface area contributed by atoms with Crippen molar-refractivity contribution in [2.24, 2.45) is 0 Å². The van der Waals surface area contributed by atoms with Gasteiger partial charge in [0.2, 0.25) is 5.65 Å². The molecule has 0 aliphatic carbocycles. The van der Waals surface area contributed by atoms with Gasteiger partial charge in [-0.1, -0.05) is 5.21 Å². The van der Waals surface area contributed by atoms with Gasteiger partial charge < -0.3 is 45.4 Å². The minimum absolute atomic E-state index is 0.0575. The van der Waals surface area contributed by atoms with Crippen molar-refractivity contribution in [3.63, 3.8) is 0 Å². The van der Waals surface area contributed by atoms with Gasteiger partial charge in [-0.2, -0.15) is 4.31 Å². The number of aliphatic hydroxyl groups is 4. The number of hydrogen-bond donors (Lipinski definition) is 7. The first kappa shape index (κ1) is 30.9. The van der Waals surface area contributed by atoms with Crippen LogP contribution >= 0.6 is 15.6 Å². The molecule has 22 nitrogen and oxygen atoms in total. The fraction of sp³-hybridized carbons (Fsp3) is 0.500. The smallest absolute Gasteiger partial charge is 0.387 e. The molecule has 2 saturated heterocycles. The minimum Gasteiger partial charge on any atom is -0.387 e. The lowest BCUT2D eigenvalue weighted by Crippen LogP contribution is -2.34. The van der Waals surface area contributed by atoms with E-state index in [-0.39, 0.29) is 22.6 Å². The Bertz CT molecular complexity index is 1760. The lowest BCUT2D eigenvalue weighted by molar-refractivity contribution is -0.0573. The molecular weight excluding hydrogens is 636 g/mol. The number of nitrogens with two attached hydrogens (primary N) is 1. The molecule has 0 saturated carbocycles. The van der Waals surface area contributed by atoms with Gasteiger partial charge in [0, 0.05) is 6.20 Å². The highest BCUT2D eigenvalue weighted by atomic mass is 31.3. The van der Waals surface area contributed by atoms with Crippen LogP contribution in [0.4, 0.5) is 5.82 Å². The largest absolute Gasteiger partial charge is 0.481 e. The fourth-order valence-electron chi connectivity index (χ4n) is 4.71. The van der Waals surface area contributed by atoms with Crippen LogP contribution in [0, 0.1) is 0 Å². The van der Waals surface area contributed by atoms with Crippen LogP contribution in [-0.2, 0) is 32.0 Å². The van der Waals surface area contributed by atoms with E-state index in [1.165, 1.54) is 17.1 Å². The van der Waals surface area contributed by atoms with Crippen molar-refractivity contribution in [3.8, 4) is 0 Å². The topological polar surface area (TPSA) is 315 Å². The monoisotopic (exact) mass is 661 g/mol. The van der Waals surface area contributed by atoms with E-state index in [1.807, 2.05) is 0 Å². The van der Waals surface area contributed by atoms with E-state index >= 15 is 0 Å². The number of nitrogen functional groups attached to an aromatic ring is 1. The Kier molecular flexibility index (Phi) is 8.22. The number of rotatable bonds is 10. The quantitative estimate of drug-likeness (QED) is 0.0881. The Morgan fingerprint density at radius 2 is 1.52 bits per heavy atom. The SMILES string of the molecule is Nc1ncnc2c1ncn2[C@@H]1O[C@H](COP(=O)(O)OP(=O)(O)OC[C@H]2O[C@@H](n3nnc4ncccc43)[C@H](O)[C@@H]2O)[C@@H](O)[C@H]1O. The molecule has 0 amide bonds. The van der Waals surface area contributed by atoms with E-state index in [0.29, 0.717) is 5.52 Å². The molecule has 44 heavy (non-hydrogen) atoms. The van der Waals surface area contributed by atoms with Crippen LogP contribution < -0.4 is 5.73 Å². The number of ether oxygens (including phenoxy) is 2. The molecule has 10 atom stereocenters. The second-order valence-corrected chi connectivity index (χ2v) is 12.7. The van der Waals surface area contributed by atoms with Crippen LogP contribution in [-0.4, -0.2) is 120 Å². The van der Waals surface area contributed by atoms with Crippen molar-refractivity contribution in [2.45, 2.75) is 49.1 Å². The molecule has 6 rings (SSSR count). The summed E-state index contributed by atoms with van der Waals surface area (Å²) in [5.41, 5.74) is 6.73. The summed E-state index contributed by atoms with van der Waals surface area (Å²) in [4.78, 5) is 36.0. The molecule has 8 N–H and O–H groups in total. The van der Waals surface area contributed by atoms with Gasteiger partial charge >= 0.3 is 15.6 Å². The number of fused-ring (bicyclic) bond motifs is 2. The maximum atomic E-state index is 12.4. The molecule has 2 aliphatic heterocycles. The Hall–Kier alpha value is -3.08. The van der Waals surface area contributed by atoms with E-state index in [0.717, 1.165) is 11.0 Å². The summed E-state index contributed by atoms with van der Waals surface area (Å²) in [7, 11) is -10.7. The summed E-state index contributed by atoms with van der Waals surface area (Å²) in [6.45, 7) is -1.76. The Labute approximate surface area is 244 Å². The molecule has 0 radical (unpaired) electrons. The van der Waals surface area contributed by atoms with Gasteiger partial charge in [0.15, 0.2) is 23.9 Å². The molecule has 2 fully saturated rings. The third-order valence-electron chi connectivity index (χ3n) is 6.84. The number of phosphoric acid groups is 2. The van der Waals surface area contributed by atoms with Crippen LogP contribution in [0.3, 0.4) is 0 Å². The van der Waals surface area contributed by atoms with Gasteiger partial charge in [0.1, 0.15) is 54.0 Å². The van der Waals surface area contributed by atoms with E-state index in [1.54, 1.807) is 12.1 Å². The summed E-state index contributed by atoms with van der Waals surface area (Å²) < 4.78 is 52.1. The second-order valence-electron chi connectivity index (χ2n) is 9.67. The average Bonchev–Trinajstić information content (AvgIpc) is 3.73. The van der Waals surface area contributed by atoms with E-state index in [2.05, 4.69) is 34.6 Å². The van der Waals surface area contributed by atoms with Gasteiger partial charge in [-0.05, 0) is 12.1 Å². The molecule has 0 aromatic carbocycles. The van der Waals surface area contributed by atoms with Gasteiger partial charge in [-0.15, -0.1) is 5.10 Å². The number of phosphoric ester groups is 2. The van der Waals surface area contributed by atoms with Gasteiger partial charge in [-0.3, -0.25) is 13.6 Å². The van der Waals surface area contributed by atoms with Crippen LogP contribution in [0.5, 0.6) is 0 Å². The van der Waals surface area contributed by atoms with Gasteiger partial charge in [0.05, 0.1) is 19.5 Å². The zero-order valence-corrected chi connectivity index (χ0v) is 23.8. The zero-order chi connectivity index (χ0) is 31.4. The van der Waals surface area contributed by atoms with E-state index in [9.17, 15) is 39.3 Å². The first-order chi connectivity index (χ1) is 20.8. The average molecular weight is 661 g/mol. The first-order valence-corrected chi connectivity index (χ1v) is 15.6. The summed E-state index contributed by atoms with van der Waals surface area (Å²) in [6.07, 6.45) is -7.94. The summed E-state index contributed by atoms with van der Waals surface area (Å²) in [6, 6.07) is 3.17. The Morgan fingerprint density at radius 3 is 2.20 bits per heavy atom. The maximum absolute atomic E-state index is 12.4. The highest BCUT2D eigenvalue weighted by molar-refractivity contribution is 7.61. The molecule has 0 spiro atoms. The first-order valence-electron chi connectivity index (χ1n) is 12.6. The number of hydrogen-bond acceptors (Lipinski definition) is 18. The Morgan fingerprint density at radius 1 is 0.886 bits per heavy atom. The summed E-state index contributed by atoms with van der Waals surface area (Å²) in [5, 5.41) is 49.5. The molecule has 0 bridgehead atoms. The maximum Gasteiger partial charge on any atom is 0.481 e. The van der Waals surface area contributed by atoms with Crippen LogP contribution in [0.1, 0.15) is 12.5 Å². The molecule has 2 unspecified atom stereocenters. The predicted octanol–water partition coefficient (Wildman–Crippen LogP) is -2.26. The van der Waals surface area contributed by atoms with Gasteiger partial charge in [-0.25, -0.2) is 33.7 Å². The van der Waals surface area contributed by atoms with Crippen molar-refractivity contribution < 1.29 is 62.2 Å². The summed E-state index contributed by atoms with van der Waals surface area (Å²) in [5.74, 6) is 0.0575. The molecule has 4 aromatic rings. The van der Waals surface area contributed by atoms with Crippen molar-refractivity contribution in [2.75, 3.05) is 18.9 Å². The number of pyridine rings is 1. The standard InChI is InChI=1S/C20H25N9O13P2/c21-16-11-18(24-6-23-16)28(7-25-11)19-14(32)12(30)9(40-19)4-38-43(34,35)42-44(36,37)39-5-10-13(31)15(33)20(41-10)29-8-2-1-3-22-17(8)26-27-29/h1-3,6-7,9-10,12-15,19-20,30-33H,4-5H2,(H,34,35)(H,36,37)(H2,21,23,24)/t9-,10-,12-,13-,14-,15-,19-,20-/m1/s1. The molecule has 238 valence electrons. The number of aliphatic hydroxyl groups excluding tert-OH is 4. The van der Waals surface area contributed by atoms with Crippen molar-refractivity contribution in [1.29, 1.82) is 0 Å². The van der Waals surface area contributed by atoms with Crippen molar-refractivity contribution in [1.82, 2.24) is 39.5 Å². The van der Waals surface area contributed by atoms with E-state index < -0.39 is 77.9 Å². The highest BCUT2D eigenvalue weighted by Crippen LogP contribution is 2.60. The predicted molar refractivity (Wildman–Crippen MR) is 140 cm³/mol. The number of aromatic nitrogens is 8. The fourth-order valence-corrected chi connectivity index (χ4v) is 6.80. The van der Waals surface area contributed by atoms with Gasteiger partial charge in [0.25, 0.3) is 0 Å². The van der Waals surface area contributed by atoms with Crippen LogP contribution in [0.25, 0.3) is 22.3 Å². The summed E-state index contributed by atoms with van der Waals surface area (Å²) >= 11 is 0. The number of nitrogens with zero attached hydrogens (tertiary/aromatic N) is 8. The number of anilines is 1. The van der Waals surface area contributed by atoms with Crippen molar-refractivity contribution >= 4 is 43.8 Å².